The molecule has 1 aromatic carbocycles. The summed E-state index contributed by atoms with van der Waals surface area (Å²) in [6, 6.07) is 13.5. The zero-order valence-corrected chi connectivity index (χ0v) is 14.3. The number of anilines is 2. The van der Waals surface area contributed by atoms with Crippen molar-refractivity contribution in [3.63, 3.8) is 0 Å². The number of nitriles is 1. The van der Waals surface area contributed by atoms with E-state index in [2.05, 4.69) is 20.6 Å². The van der Waals surface area contributed by atoms with Crippen LogP contribution in [0.25, 0.3) is 11.1 Å². The molecule has 0 radical (unpaired) electrons. The average Bonchev–Trinajstić information content (AvgIpc) is 3.05. The second kappa shape index (κ2) is 7.94. The van der Waals surface area contributed by atoms with Gasteiger partial charge in [0, 0.05) is 49.0 Å². The number of aryl methyl sites for hydroxylation is 1. The lowest BCUT2D eigenvalue weighted by molar-refractivity contribution is 0.0946. The maximum atomic E-state index is 12.2. The van der Waals surface area contributed by atoms with E-state index in [9.17, 15) is 4.79 Å². The minimum Gasteiger partial charge on any atom is -0.350 e. The molecule has 2 aromatic heterocycles. The Morgan fingerprint density at radius 2 is 1.92 bits per heavy atom. The summed E-state index contributed by atoms with van der Waals surface area (Å²) in [4.78, 5) is 20.8. The van der Waals surface area contributed by atoms with Crippen molar-refractivity contribution in [2.24, 2.45) is 7.05 Å². The topological polar surface area (TPSA) is 95.6 Å². The van der Waals surface area contributed by atoms with E-state index in [4.69, 9.17) is 5.26 Å². The van der Waals surface area contributed by atoms with E-state index in [0.717, 1.165) is 16.8 Å². The molecule has 0 unspecified atom stereocenters. The number of nitrogens with zero attached hydrogens (tertiary/aromatic N) is 4. The fraction of sp³-hybridized carbons (Fsp3) is 0.158. The molecule has 0 spiro atoms. The molecule has 0 aliphatic heterocycles. The summed E-state index contributed by atoms with van der Waals surface area (Å²) in [6.07, 6.45) is 5.56. The van der Waals surface area contributed by atoms with Gasteiger partial charge in [-0.25, -0.2) is 9.97 Å². The molecule has 3 aromatic rings. The van der Waals surface area contributed by atoms with E-state index in [1.165, 1.54) is 0 Å². The molecule has 0 saturated carbocycles. The van der Waals surface area contributed by atoms with Crippen molar-refractivity contribution in [1.82, 2.24) is 19.9 Å². The van der Waals surface area contributed by atoms with Gasteiger partial charge in [-0.05, 0) is 18.2 Å². The molecule has 2 heterocycles. The van der Waals surface area contributed by atoms with Crippen molar-refractivity contribution >= 4 is 17.5 Å². The predicted molar refractivity (Wildman–Crippen MR) is 98.7 cm³/mol. The van der Waals surface area contributed by atoms with Gasteiger partial charge in [0.2, 0.25) is 5.95 Å². The van der Waals surface area contributed by atoms with Gasteiger partial charge in [-0.3, -0.25) is 4.79 Å². The van der Waals surface area contributed by atoms with E-state index in [1.807, 2.05) is 42.6 Å². The number of aromatic nitrogens is 3. The van der Waals surface area contributed by atoms with E-state index < -0.39 is 0 Å². The summed E-state index contributed by atoms with van der Waals surface area (Å²) in [5, 5.41) is 14.4. The number of nitrogens with one attached hydrogen (secondary N) is 2. The molecule has 26 heavy (non-hydrogen) atoms. The monoisotopic (exact) mass is 346 g/mol. The van der Waals surface area contributed by atoms with Crippen molar-refractivity contribution in [2.45, 2.75) is 6.42 Å². The van der Waals surface area contributed by atoms with Gasteiger partial charge < -0.3 is 15.2 Å². The van der Waals surface area contributed by atoms with Gasteiger partial charge in [-0.2, -0.15) is 5.26 Å². The molecule has 0 aliphatic carbocycles. The van der Waals surface area contributed by atoms with Crippen LogP contribution in [-0.4, -0.2) is 27.0 Å². The molecule has 130 valence electrons. The Kier molecular flexibility index (Phi) is 5.25. The van der Waals surface area contributed by atoms with Gasteiger partial charge >= 0.3 is 0 Å². The first-order chi connectivity index (χ1) is 12.7. The van der Waals surface area contributed by atoms with Crippen LogP contribution in [0.3, 0.4) is 0 Å². The highest BCUT2D eigenvalue weighted by Gasteiger charge is 2.13. The van der Waals surface area contributed by atoms with Crippen molar-refractivity contribution in [1.29, 1.82) is 5.26 Å². The van der Waals surface area contributed by atoms with Gasteiger partial charge in [0.1, 0.15) is 5.69 Å². The molecular weight excluding hydrogens is 328 g/mol. The van der Waals surface area contributed by atoms with Crippen LogP contribution in [-0.2, 0) is 7.05 Å². The molecule has 0 aliphatic rings. The minimum atomic E-state index is -0.211. The first kappa shape index (κ1) is 17.2. The lowest BCUT2D eigenvalue weighted by atomic mass is 10.2. The Morgan fingerprint density at radius 3 is 2.62 bits per heavy atom. The summed E-state index contributed by atoms with van der Waals surface area (Å²) >= 11 is 0. The average molecular weight is 346 g/mol. The number of hydrogen-bond donors (Lipinski definition) is 2. The van der Waals surface area contributed by atoms with Crippen LogP contribution in [0.4, 0.5) is 11.6 Å². The summed E-state index contributed by atoms with van der Waals surface area (Å²) in [5.74, 6) is 0.294. The molecule has 7 heteroatoms. The van der Waals surface area contributed by atoms with Gasteiger partial charge in [-0.15, -0.1) is 0 Å². The highest BCUT2D eigenvalue weighted by Crippen LogP contribution is 2.21. The smallest absolute Gasteiger partial charge is 0.267 e. The molecule has 0 saturated heterocycles. The summed E-state index contributed by atoms with van der Waals surface area (Å²) in [6.45, 7) is 0.332. The van der Waals surface area contributed by atoms with E-state index in [0.29, 0.717) is 18.2 Å². The van der Waals surface area contributed by atoms with Gasteiger partial charge in [0.25, 0.3) is 5.91 Å². The number of para-hydroxylation sites is 1. The summed E-state index contributed by atoms with van der Waals surface area (Å²) in [7, 11) is 1.80. The van der Waals surface area contributed by atoms with Gasteiger partial charge in [-0.1, -0.05) is 18.2 Å². The molecular formula is C19H18N6O. The minimum absolute atomic E-state index is 0.211. The van der Waals surface area contributed by atoms with Crippen molar-refractivity contribution in [3.8, 4) is 17.2 Å². The Morgan fingerprint density at radius 1 is 1.19 bits per heavy atom. The normalized spacial score (nSPS) is 10.2. The lowest BCUT2D eigenvalue weighted by Crippen LogP contribution is -2.25. The first-order valence-electron chi connectivity index (χ1n) is 8.13. The highest BCUT2D eigenvalue weighted by atomic mass is 16.1. The highest BCUT2D eigenvalue weighted by molar-refractivity contribution is 5.94. The molecule has 1 amide bonds. The molecule has 0 fully saturated rings. The Balaban J connectivity index is 1.72. The first-order valence-corrected chi connectivity index (χ1v) is 8.13. The number of hydrogen-bond acceptors (Lipinski definition) is 5. The maximum absolute atomic E-state index is 12.2. The van der Waals surface area contributed by atoms with Gasteiger partial charge in [0.15, 0.2) is 0 Å². The third kappa shape index (κ3) is 4.05. The Hall–Kier alpha value is -3.66. The predicted octanol–water partition coefficient (Wildman–Crippen LogP) is 2.87. The SMILES string of the molecule is Cn1cc(-c2cnc(Nc3ccccc3)nc2)cc1C(=O)NCCC#N. The molecule has 2 N–H and O–H groups in total. The zero-order chi connectivity index (χ0) is 18.4. The third-order valence-corrected chi connectivity index (χ3v) is 3.78. The third-order valence-electron chi connectivity index (χ3n) is 3.78. The van der Waals surface area contributed by atoms with Crippen molar-refractivity contribution in [3.05, 3.63) is 60.7 Å². The zero-order valence-electron chi connectivity index (χ0n) is 14.3. The second-order valence-electron chi connectivity index (χ2n) is 5.68. The van der Waals surface area contributed by atoms with E-state index >= 15 is 0 Å². The standard InChI is InChI=1S/C19H18N6O/c1-25-13-14(10-17(25)18(26)21-9-5-8-20)15-11-22-19(23-12-15)24-16-6-3-2-4-7-16/h2-4,6-7,10-13H,5,9H2,1H3,(H,21,26)(H,22,23,24). The molecule has 0 atom stereocenters. The Bertz CT molecular complexity index is 925. The number of rotatable bonds is 6. The fourth-order valence-electron chi connectivity index (χ4n) is 2.46. The quantitative estimate of drug-likeness (QED) is 0.669. The van der Waals surface area contributed by atoms with Crippen LogP contribution in [0.15, 0.2) is 55.0 Å². The second-order valence-corrected chi connectivity index (χ2v) is 5.68. The number of carbonyl (C=O) groups is 1. The Labute approximate surface area is 151 Å². The van der Waals surface area contributed by atoms with Gasteiger partial charge in [0.05, 0.1) is 12.5 Å². The van der Waals surface area contributed by atoms with E-state index in [-0.39, 0.29) is 12.3 Å². The largest absolute Gasteiger partial charge is 0.350 e. The van der Waals surface area contributed by atoms with Crippen LogP contribution in [0.5, 0.6) is 0 Å². The summed E-state index contributed by atoms with van der Waals surface area (Å²) in [5.41, 5.74) is 3.10. The van der Waals surface area contributed by atoms with Crippen LogP contribution in [0, 0.1) is 11.3 Å². The van der Waals surface area contributed by atoms with Crippen LogP contribution >= 0.6 is 0 Å². The molecule has 0 bridgehead atoms. The number of benzene rings is 1. The van der Waals surface area contributed by atoms with Crippen molar-refractivity contribution < 1.29 is 4.79 Å². The molecule has 3 rings (SSSR count). The number of carbonyl (C=O) groups excluding carboxylic acids is 1. The van der Waals surface area contributed by atoms with Crippen LogP contribution in [0.1, 0.15) is 16.9 Å². The fourth-order valence-corrected chi connectivity index (χ4v) is 2.46. The number of amides is 1. The maximum Gasteiger partial charge on any atom is 0.267 e. The lowest BCUT2D eigenvalue weighted by Gasteiger charge is -2.04. The van der Waals surface area contributed by atoms with E-state index in [1.54, 1.807) is 30.1 Å². The van der Waals surface area contributed by atoms with Crippen molar-refractivity contribution in [2.75, 3.05) is 11.9 Å². The van der Waals surface area contributed by atoms with Crippen LogP contribution < -0.4 is 10.6 Å². The summed E-state index contributed by atoms with van der Waals surface area (Å²) < 4.78 is 1.74. The molecule has 7 nitrogen and oxygen atoms in total. The van der Waals surface area contributed by atoms with Crippen LogP contribution in [0.2, 0.25) is 0 Å².